The van der Waals surface area contributed by atoms with Gasteiger partial charge >= 0.3 is 16.4 Å². The number of rotatable bonds is 4. The number of carbonyl (C=O) groups is 1. The van der Waals surface area contributed by atoms with Crippen LogP contribution < -0.4 is 5.73 Å². The number of fused-ring (bicyclic) bond motifs is 2. The molecule has 3 N–H and O–H groups in total. The maximum absolute atomic E-state index is 12.3. The molecule has 4 rings (SSSR count). The Labute approximate surface area is 137 Å². The molecule has 0 unspecified atom stereocenters. The van der Waals surface area contributed by atoms with Gasteiger partial charge in [0.1, 0.15) is 6.04 Å². The summed E-state index contributed by atoms with van der Waals surface area (Å²) in [6, 6.07) is -1.36. The molecule has 2 amide bonds. The minimum Gasteiger partial charge on any atom is -0.423 e. The second-order valence-electron chi connectivity index (χ2n) is 6.42. The van der Waals surface area contributed by atoms with Crippen LogP contribution in [0.4, 0.5) is 4.79 Å². The highest BCUT2D eigenvalue weighted by atomic mass is 32.3. The topological polar surface area (TPSA) is 152 Å². The summed E-state index contributed by atoms with van der Waals surface area (Å²) in [5, 5.41) is 8.78. The molecule has 12 heteroatoms. The summed E-state index contributed by atoms with van der Waals surface area (Å²) < 4.78 is 40.7. The van der Waals surface area contributed by atoms with Crippen LogP contribution in [0.5, 0.6) is 0 Å². The van der Waals surface area contributed by atoms with Gasteiger partial charge in [-0.1, -0.05) is 0 Å². The lowest BCUT2D eigenvalue weighted by Gasteiger charge is -2.29. The minimum absolute atomic E-state index is 0.159. The predicted molar refractivity (Wildman–Crippen MR) is 76.6 cm³/mol. The predicted octanol–water partition coefficient (Wildman–Crippen LogP) is -0.0502. The number of hydrogen-bond acceptors (Lipinski definition) is 8. The van der Waals surface area contributed by atoms with Crippen LogP contribution >= 0.6 is 0 Å². The quantitative estimate of drug-likeness (QED) is 0.704. The van der Waals surface area contributed by atoms with Crippen LogP contribution in [-0.4, -0.2) is 57.8 Å². The summed E-state index contributed by atoms with van der Waals surface area (Å²) in [5.74, 6) is 1.00. The van der Waals surface area contributed by atoms with Crippen LogP contribution in [0.15, 0.2) is 4.42 Å². The number of piperidine rings is 1. The average molecular weight is 359 g/mol. The van der Waals surface area contributed by atoms with E-state index in [1.807, 2.05) is 0 Å². The van der Waals surface area contributed by atoms with E-state index in [0.717, 1.165) is 12.8 Å². The van der Waals surface area contributed by atoms with Crippen molar-refractivity contribution >= 4 is 16.4 Å². The third-order valence-electron chi connectivity index (χ3n) is 4.76. The van der Waals surface area contributed by atoms with Gasteiger partial charge < -0.3 is 15.1 Å². The molecule has 0 radical (unpaired) electrons. The van der Waals surface area contributed by atoms with E-state index in [4.69, 9.17) is 14.7 Å². The van der Waals surface area contributed by atoms with Crippen molar-refractivity contribution in [3.63, 3.8) is 0 Å². The number of carbonyl (C=O) groups excluding carboxylic acids is 1. The summed E-state index contributed by atoms with van der Waals surface area (Å²) in [4.78, 5) is 13.8. The number of hydrogen-bond donors (Lipinski definition) is 2. The van der Waals surface area contributed by atoms with Gasteiger partial charge in [0.25, 0.3) is 0 Å². The van der Waals surface area contributed by atoms with E-state index >= 15 is 0 Å². The van der Waals surface area contributed by atoms with Crippen molar-refractivity contribution < 1.29 is 26.5 Å². The van der Waals surface area contributed by atoms with Gasteiger partial charge in [-0.3, -0.25) is 4.55 Å². The molecule has 3 aliphatic rings. The van der Waals surface area contributed by atoms with E-state index in [0.29, 0.717) is 29.7 Å². The van der Waals surface area contributed by atoms with Crippen molar-refractivity contribution in [3.05, 3.63) is 11.8 Å². The highest BCUT2D eigenvalue weighted by Gasteiger charge is 2.49. The lowest BCUT2D eigenvalue weighted by molar-refractivity contribution is -0.0317. The Kier molecular flexibility index (Phi) is 3.53. The zero-order chi connectivity index (χ0) is 17.1. The van der Waals surface area contributed by atoms with Crippen molar-refractivity contribution in [2.24, 2.45) is 5.73 Å². The van der Waals surface area contributed by atoms with Crippen LogP contribution in [0, 0.1) is 0 Å². The largest absolute Gasteiger partial charge is 0.423 e. The SMILES string of the molecule is NC1CC(c2nnc([C@@H]3CC[C@H]4CN3C(=O)N4OS(=O)(=O)O)o2)C1. The molecule has 11 nitrogen and oxygen atoms in total. The molecule has 132 valence electrons. The first-order valence-electron chi connectivity index (χ1n) is 7.67. The summed E-state index contributed by atoms with van der Waals surface area (Å²) in [6.07, 6.45) is 2.63. The average Bonchev–Trinajstić information content (AvgIpc) is 3.04. The van der Waals surface area contributed by atoms with Crippen LogP contribution in [0.1, 0.15) is 49.4 Å². The fourth-order valence-corrected chi connectivity index (χ4v) is 3.89. The van der Waals surface area contributed by atoms with Gasteiger partial charge in [0.05, 0.1) is 6.04 Å². The Morgan fingerprint density at radius 3 is 2.62 bits per heavy atom. The van der Waals surface area contributed by atoms with Crippen LogP contribution in [0.3, 0.4) is 0 Å². The Bertz CT molecular complexity index is 760. The Balaban J connectivity index is 1.51. The lowest BCUT2D eigenvalue weighted by Crippen LogP contribution is -2.35. The number of aromatic nitrogens is 2. The molecular weight excluding hydrogens is 342 g/mol. The summed E-state index contributed by atoms with van der Waals surface area (Å²) in [7, 11) is -4.75. The van der Waals surface area contributed by atoms with Crippen molar-refractivity contribution in [1.82, 2.24) is 20.2 Å². The Hall–Kier alpha value is -1.76. The van der Waals surface area contributed by atoms with Crippen molar-refractivity contribution in [1.29, 1.82) is 0 Å². The standard InChI is InChI=1S/C12H17N5O6S/c13-7-3-6(4-7)10-14-15-11(22-10)9-2-1-8-5-16(9)12(18)17(8)23-24(19,20)21/h6-9H,1-5,13H2,(H,19,20,21)/t6?,7?,8-,9-/m0/s1. The van der Waals surface area contributed by atoms with Gasteiger partial charge in [-0.05, 0) is 25.7 Å². The minimum atomic E-state index is -4.75. The monoisotopic (exact) mass is 359 g/mol. The van der Waals surface area contributed by atoms with Gasteiger partial charge in [0.2, 0.25) is 11.8 Å². The molecule has 3 heterocycles. The van der Waals surface area contributed by atoms with E-state index in [-0.39, 0.29) is 18.5 Å². The smallest absolute Gasteiger partial charge is 0.418 e. The van der Waals surface area contributed by atoms with Crippen LogP contribution in [0.25, 0.3) is 0 Å². The first-order valence-corrected chi connectivity index (χ1v) is 9.04. The van der Waals surface area contributed by atoms with Gasteiger partial charge in [-0.15, -0.1) is 14.5 Å². The third-order valence-corrected chi connectivity index (χ3v) is 5.11. The number of amides is 2. The number of urea groups is 1. The maximum atomic E-state index is 12.3. The highest BCUT2D eigenvalue weighted by Crippen LogP contribution is 2.40. The number of hydroxylamine groups is 2. The van der Waals surface area contributed by atoms with Crippen molar-refractivity contribution in [2.75, 3.05) is 6.54 Å². The van der Waals surface area contributed by atoms with E-state index in [1.165, 1.54) is 4.90 Å². The van der Waals surface area contributed by atoms with Gasteiger partial charge in [-0.25, -0.2) is 4.79 Å². The summed E-state index contributed by atoms with van der Waals surface area (Å²) in [6.45, 7) is 0.269. The third kappa shape index (κ3) is 2.64. The fourth-order valence-electron chi connectivity index (χ4n) is 3.50. The van der Waals surface area contributed by atoms with E-state index in [9.17, 15) is 13.2 Å². The fraction of sp³-hybridized carbons (Fsp3) is 0.750. The zero-order valence-corrected chi connectivity index (χ0v) is 13.4. The molecule has 0 spiro atoms. The highest BCUT2D eigenvalue weighted by molar-refractivity contribution is 7.80. The lowest BCUT2D eigenvalue weighted by atomic mass is 9.81. The Morgan fingerprint density at radius 1 is 1.25 bits per heavy atom. The molecule has 2 aliphatic heterocycles. The van der Waals surface area contributed by atoms with Gasteiger partial charge in [-0.2, -0.15) is 13.5 Å². The van der Waals surface area contributed by atoms with Gasteiger partial charge in [0, 0.05) is 18.5 Å². The second kappa shape index (κ2) is 5.37. The van der Waals surface area contributed by atoms with E-state index < -0.39 is 28.5 Å². The molecule has 1 saturated carbocycles. The molecule has 24 heavy (non-hydrogen) atoms. The van der Waals surface area contributed by atoms with Crippen molar-refractivity contribution in [2.45, 2.75) is 49.7 Å². The Morgan fingerprint density at radius 2 is 1.96 bits per heavy atom. The van der Waals surface area contributed by atoms with Gasteiger partial charge in [0.15, 0.2) is 0 Å². The zero-order valence-electron chi connectivity index (χ0n) is 12.6. The van der Waals surface area contributed by atoms with Crippen molar-refractivity contribution in [3.8, 4) is 0 Å². The molecule has 0 aromatic carbocycles. The molecule has 1 aromatic heterocycles. The van der Waals surface area contributed by atoms with Crippen LogP contribution in [-0.2, 0) is 14.7 Å². The van der Waals surface area contributed by atoms with E-state index in [1.54, 1.807) is 0 Å². The molecular formula is C12H17N5O6S. The number of nitrogens with zero attached hydrogens (tertiary/aromatic N) is 4. The molecule has 2 atom stereocenters. The van der Waals surface area contributed by atoms with E-state index in [2.05, 4.69) is 14.5 Å². The second-order valence-corrected chi connectivity index (χ2v) is 7.42. The number of nitrogens with two attached hydrogens (primary N) is 1. The normalized spacial score (nSPS) is 33.0. The summed E-state index contributed by atoms with van der Waals surface area (Å²) in [5.41, 5.74) is 5.76. The molecule has 3 fully saturated rings. The summed E-state index contributed by atoms with van der Waals surface area (Å²) >= 11 is 0. The molecule has 2 bridgehead atoms. The maximum Gasteiger partial charge on any atom is 0.418 e. The van der Waals surface area contributed by atoms with Crippen LogP contribution in [0.2, 0.25) is 0 Å². The first kappa shape index (κ1) is 15.7. The molecule has 1 aliphatic carbocycles. The molecule has 1 aromatic rings. The molecule has 2 saturated heterocycles. The first-order chi connectivity index (χ1) is 11.3.